The van der Waals surface area contributed by atoms with Crippen molar-refractivity contribution in [2.75, 3.05) is 32.7 Å². The number of aryl methyl sites for hydroxylation is 2. The number of nitrogens with zero attached hydrogens (tertiary/aromatic N) is 5. The first-order valence-corrected chi connectivity index (χ1v) is 9.24. The molecule has 0 radical (unpaired) electrons. The molecule has 1 fully saturated rings. The van der Waals surface area contributed by atoms with E-state index in [-0.39, 0.29) is 17.5 Å². The molecule has 0 spiro atoms. The van der Waals surface area contributed by atoms with E-state index in [0.717, 1.165) is 70.8 Å². The van der Waals surface area contributed by atoms with Gasteiger partial charge in [0.25, 0.3) is 0 Å². The Balaban J connectivity index is 1.44. The van der Waals surface area contributed by atoms with Gasteiger partial charge in [-0.05, 0) is 19.3 Å². The highest BCUT2D eigenvalue weighted by atomic mass is 16.2. The van der Waals surface area contributed by atoms with Gasteiger partial charge < -0.3 is 4.90 Å². The van der Waals surface area contributed by atoms with Crippen molar-refractivity contribution in [2.45, 2.75) is 52.6 Å². The number of hydrogen-bond acceptors (Lipinski definition) is 4. The van der Waals surface area contributed by atoms with Crippen LogP contribution in [0.1, 0.15) is 38.9 Å². The Kier molecular flexibility index (Phi) is 5.38. The molecule has 7 nitrogen and oxygen atoms in total. The van der Waals surface area contributed by atoms with Crippen LogP contribution in [-0.2, 0) is 24.3 Å². The van der Waals surface area contributed by atoms with Crippen molar-refractivity contribution >= 4 is 5.91 Å². The maximum absolute atomic E-state index is 12.3. The van der Waals surface area contributed by atoms with Crippen molar-refractivity contribution in [1.29, 1.82) is 0 Å². The van der Waals surface area contributed by atoms with Crippen molar-refractivity contribution in [3.63, 3.8) is 0 Å². The van der Waals surface area contributed by atoms with Crippen LogP contribution in [0.15, 0.2) is 4.79 Å². The maximum Gasteiger partial charge on any atom is 0.345 e. The van der Waals surface area contributed by atoms with Crippen molar-refractivity contribution in [2.24, 2.45) is 5.92 Å². The van der Waals surface area contributed by atoms with E-state index in [4.69, 9.17) is 0 Å². The zero-order valence-electron chi connectivity index (χ0n) is 14.9. The van der Waals surface area contributed by atoms with E-state index in [1.165, 1.54) is 0 Å². The molecule has 0 bridgehead atoms. The average molecular weight is 335 g/mol. The minimum absolute atomic E-state index is 0.0528. The van der Waals surface area contributed by atoms with Crippen LogP contribution in [0, 0.1) is 5.92 Å². The van der Waals surface area contributed by atoms with Crippen molar-refractivity contribution in [1.82, 2.24) is 24.1 Å². The lowest BCUT2D eigenvalue weighted by atomic mass is 10.1. The highest BCUT2D eigenvalue weighted by Crippen LogP contribution is 2.10. The number of carbonyl (C=O) groups excluding carboxylic acids is 1. The molecule has 0 atom stereocenters. The average Bonchev–Trinajstić information content (AvgIpc) is 2.91. The zero-order chi connectivity index (χ0) is 17.1. The molecule has 3 heterocycles. The van der Waals surface area contributed by atoms with E-state index in [9.17, 15) is 9.59 Å². The molecule has 0 N–H and O–H groups in total. The molecule has 1 saturated heterocycles. The van der Waals surface area contributed by atoms with Gasteiger partial charge in [-0.3, -0.25) is 14.3 Å². The van der Waals surface area contributed by atoms with Gasteiger partial charge in [-0.15, -0.1) is 0 Å². The highest BCUT2D eigenvalue weighted by molar-refractivity contribution is 5.78. The van der Waals surface area contributed by atoms with Crippen molar-refractivity contribution in [3.05, 3.63) is 16.3 Å². The van der Waals surface area contributed by atoms with Crippen LogP contribution in [-0.4, -0.2) is 62.8 Å². The Labute approximate surface area is 143 Å². The van der Waals surface area contributed by atoms with Gasteiger partial charge in [0.1, 0.15) is 5.82 Å². The normalized spacial score (nSPS) is 18.9. The van der Waals surface area contributed by atoms with Crippen molar-refractivity contribution in [3.8, 4) is 0 Å². The van der Waals surface area contributed by atoms with Gasteiger partial charge >= 0.3 is 5.69 Å². The second kappa shape index (κ2) is 7.51. The zero-order valence-corrected chi connectivity index (χ0v) is 14.9. The summed E-state index contributed by atoms with van der Waals surface area (Å²) in [6.45, 7) is 9.85. The lowest BCUT2D eigenvalue weighted by Crippen LogP contribution is -2.50. The summed E-state index contributed by atoms with van der Waals surface area (Å²) in [7, 11) is 0. The molecule has 3 rings (SSSR count). The standard InChI is InChI=1S/C17H29N5O2/c1-14(2)16(23)20-12-10-19(11-13-20)7-5-9-22-17(24)21-8-4-3-6-15(21)18-22/h14H,3-13H2,1-2H3. The maximum atomic E-state index is 12.3. The number of amides is 1. The smallest absolute Gasteiger partial charge is 0.340 e. The van der Waals surface area contributed by atoms with Gasteiger partial charge in [-0.1, -0.05) is 13.8 Å². The van der Waals surface area contributed by atoms with Crippen molar-refractivity contribution < 1.29 is 4.79 Å². The van der Waals surface area contributed by atoms with Gasteiger partial charge in [0, 0.05) is 58.2 Å². The largest absolute Gasteiger partial charge is 0.345 e. The number of fused-ring (bicyclic) bond motifs is 1. The SMILES string of the molecule is CC(C)C(=O)N1CCN(CCCn2nc3n(c2=O)CCCC3)CC1. The summed E-state index contributed by atoms with van der Waals surface area (Å²) >= 11 is 0. The topological polar surface area (TPSA) is 63.4 Å². The molecular weight excluding hydrogens is 306 g/mol. The molecule has 2 aliphatic rings. The van der Waals surface area contributed by atoms with Gasteiger partial charge in [0.2, 0.25) is 5.91 Å². The molecule has 2 aliphatic heterocycles. The predicted molar refractivity (Wildman–Crippen MR) is 91.9 cm³/mol. The highest BCUT2D eigenvalue weighted by Gasteiger charge is 2.22. The number of rotatable bonds is 5. The van der Waals surface area contributed by atoms with Crippen LogP contribution in [0.25, 0.3) is 0 Å². The third kappa shape index (κ3) is 3.71. The first kappa shape index (κ1) is 17.2. The van der Waals surface area contributed by atoms with E-state index in [0.29, 0.717) is 6.54 Å². The van der Waals surface area contributed by atoms with Crippen LogP contribution in [0.4, 0.5) is 0 Å². The second-order valence-corrected chi connectivity index (χ2v) is 7.21. The number of carbonyl (C=O) groups is 1. The van der Waals surface area contributed by atoms with E-state index < -0.39 is 0 Å². The number of aromatic nitrogens is 3. The van der Waals surface area contributed by atoms with E-state index in [1.807, 2.05) is 23.3 Å². The number of piperazine rings is 1. The molecule has 1 aromatic rings. The Morgan fingerprint density at radius 3 is 2.50 bits per heavy atom. The first-order chi connectivity index (χ1) is 11.6. The Bertz CT molecular complexity index is 625. The molecule has 7 heteroatoms. The summed E-state index contributed by atoms with van der Waals surface area (Å²) in [6, 6.07) is 0. The van der Waals surface area contributed by atoms with Crippen LogP contribution >= 0.6 is 0 Å². The number of hydrogen-bond donors (Lipinski definition) is 0. The third-order valence-electron chi connectivity index (χ3n) is 5.05. The molecule has 24 heavy (non-hydrogen) atoms. The first-order valence-electron chi connectivity index (χ1n) is 9.24. The van der Waals surface area contributed by atoms with E-state index in [1.54, 1.807) is 4.68 Å². The molecule has 0 unspecified atom stereocenters. The third-order valence-corrected chi connectivity index (χ3v) is 5.05. The quantitative estimate of drug-likeness (QED) is 0.789. The Morgan fingerprint density at radius 2 is 1.83 bits per heavy atom. The van der Waals surface area contributed by atoms with Crippen LogP contribution in [0.5, 0.6) is 0 Å². The summed E-state index contributed by atoms with van der Waals surface area (Å²) in [4.78, 5) is 28.6. The summed E-state index contributed by atoms with van der Waals surface area (Å²) in [6.07, 6.45) is 4.07. The fraction of sp³-hybridized carbons (Fsp3) is 0.824. The van der Waals surface area contributed by atoms with Gasteiger partial charge in [0.05, 0.1) is 0 Å². The molecule has 134 valence electrons. The fourth-order valence-corrected chi connectivity index (χ4v) is 3.60. The molecule has 1 amide bonds. The second-order valence-electron chi connectivity index (χ2n) is 7.21. The van der Waals surface area contributed by atoms with Gasteiger partial charge in [0.15, 0.2) is 0 Å². The fourth-order valence-electron chi connectivity index (χ4n) is 3.60. The Morgan fingerprint density at radius 1 is 1.08 bits per heavy atom. The van der Waals surface area contributed by atoms with Gasteiger partial charge in [-0.2, -0.15) is 5.10 Å². The van der Waals surface area contributed by atoms with Crippen LogP contribution < -0.4 is 5.69 Å². The lowest BCUT2D eigenvalue weighted by Gasteiger charge is -2.35. The van der Waals surface area contributed by atoms with E-state index >= 15 is 0 Å². The Hall–Kier alpha value is -1.63. The summed E-state index contributed by atoms with van der Waals surface area (Å²) in [5, 5.41) is 4.48. The summed E-state index contributed by atoms with van der Waals surface area (Å²) in [5.74, 6) is 1.28. The molecule has 1 aromatic heterocycles. The van der Waals surface area contributed by atoms with Crippen LogP contribution in [0.2, 0.25) is 0 Å². The molecule has 0 aliphatic carbocycles. The summed E-state index contributed by atoms with van der Waals surface area (Å²) in [5.41, 5.74) is 0.0528. The monoisotopic (exact) mass is 335 g/mol. The summed E-state index contributed by atoms with van der Waals surface area (Å²) < 4.78 is 3.47. The lowest BCUT2D eigenvalue weighted by molar-refractivity contribution is -0.136. The minimum Gasteiger partial charge on any atom is -0.340 e. The minimum atomic E-state index is 0.0528. The van der Waals surface area contributed by atoms with E-state index in [2.05, 4.69) is 10.00 Å². The molecule has 0 saturated carbocycles. The molecular formula is C17H29N5O2. The molecule has 0 aromatic carbocycles. The van der Waals surface area contributed by atoms with Crippen LogP contribution in [0.3, 0.4) is 0 Å². The predicted octanol–water partition coefficient (Wildman–Crippen LogP) is 0.571. The van der Waals surface area contributed by atoms with Gasteiger partial charge in [-0.25, -0.2) is 9.48 Å².